The fourth-order valence-electron chi connectivity index (χ4n) is 2.87. The number of allylic oxidation sites excluding steroid dienone is 2. The maximum absolute atomic E-state index is 11.3. The molecule has 0 rings (SSSR count). The summed E-state index contributed by atoms with van der Waals surface area (Å²) in [6.07, 6.45) is 17.0. The van der Waals surface area contributed by atoms with Crippen molar-refractivity contribution in [3.63, 3.8) is 0 Å². The average molecular weight is 441 g/mol. The first-order chi connectivity index (χ1) is 13.5. The summed E-state index contributed by atoms with van der Waals surface area (Å²) >= 11 is 0. The molecular weight excluding hydrogens is 395 g/mol. The van der Waals surface area contributed by atoms with Crippen LogP contribution in [0.3, 0.4) is 0 Å². The molecule has 174 valence electrons. The molecule has 0 aliphatic heterocycles. The number of carbonyl (C=O) groups is 2. The third-order valence-electron chi connectivity index (χ3n) is 4.69. The van der Waals surface area contributed by atoms with Gasteiger partial charge in [-0.3, -0.25) is 0 Å². The van der Waals surface area contributed by atoms with Crippen molar-refractivity contribution in [3.05, 3.63) is 12.2 Å². The van der Waals surface area contributed by atoms with E-state index in [9.17, 15) is 14.7 Å². The fraction of sp³-hybridized carbons (Fsp3) is 0.826. The third-order valence-corrected chi connectivity index (χ3v) is 4.69. The molecule has 0 aliphatic carbocycles. The topological polar surface area (TPSA) is 104 Å². The molecule has 0 bridgehead atoms. The summed E-state index contributed by atoms with van der Waals surface area (Å²) in [5.41, 5.74) is 0. The quantitative estimate of drug-likeness (QED) is 0.119. The van der Waals surface area contributed by atoms with Gasteiger partial charge in [0.15, 0.2) is 12.2 Å². The molecule has 2 atom stereocenters. The molecule has 0 spiro atoms. The molecule has 0 amide bonds. The van der Waals surface area contributed by atoms with Crippen LogP contribution in [0.15, 0.2) is 12.2 Å². The molecule has 0 fully saturated rings. The minimum atomic E-state index is -2.15. The zero-order valence-electron chi connectivity index (χ0n) is 17.5. The Kier molecular flexibility index (Phi) is 28.4. The van der Waals surface area contributed by atoms with Gasteiger partial charge in [-0.1, -0.05) is 84.3 Å². The van der Waals surface area contributed by atoms with Crippen molar-refractivity contribution < 1.29 is 29.6 Å². The number of rotatable bonds is 19. The summed E-state index contributed by atoms with van der Waals surface area (Å²) in [4.78, 5) is 21.8. The van der Waals surface area contributed by atoms with Crippen molar-refractivity contribution in [3.8, 4) is 0 Å². The fourth-order valence-corrected chi connectivity index (χ4v) is 2.87. The third kappa shape index (κ3) is 20.9. The summed E-state index contributed by atoms with van der Waals surface area (Å²) in [6, 6.07) is 0. The number of ether oxygens (including phenoxy) is 1. The van der Waals surface area contributed by atoms with Crippen molar-refractivity contribution >= 4 is 41.5 Å². The van der Waals surface area contributed by atoms with E-state index in [1.807, 2.05) is 0 Å². The van der Waals surface area contributed by atoms with E-state index >= 15 is 0 Å². The second-order valence-corrected chi connectivity index (χ2v) is 7.33. The summed E-state index contributed by atoms with van der Waals surface area (Å²) < 4.78 is 4.77. The number of hydrogen-bond donors (Lipinski definition) is 3. The van der Waals surface area contributed by atoms with Crippen LogP contribution in [0.25, 0.3) is 0 Å². The first kappa shape index (κ1) is 34.2. The van der Waals surface area contributed by atoms with E-state index in [0.717, 1.165) is 25.7 Å². The van der Waals surface area contributed by atoms with Gasteiger partial charge >= 0.3 is 41.5 Å². The van der Waals surface area contributed by atoms with E-state index in [0.29, 0.717) is 6.42 Å². The monoisotopic (exact) mass is 440 g/mol. The second kappa shape index (κ2) is 24.9. The summed E-state index contributed by atoms with van der Waals surface area (Å²) in [7, 11) is 0. The zero-order valence-corrected chi connectivity index (χ0v) is 17.5. The van der Waals surface area contributed by atoms with Crippen LogP contribution >= 0.6 is 0 Å². The van der Waals surface area contributed by atoms with E-state index in [-0.39, 0.29) is 43.6 Å². The normalized spacial score (nSPS) is 12.6. The molecule has 3 N–H and O–H groups in total. The van der Waals surface area contributed by atoms with Crippen molar-refractivity contribution in [2.45, 2.75) is 116 Å². The zero-order chi connectivity index (χ0) is 21.0. The Balaban J connectivity index is -0.00000364. The standard InChI is InChI=1S/C22H40O6.CH4.Na.H/c1-2-3-4-5-6-7-8-9-10-11-12-13-14-15-16-17-18-28-22(27)20(24)19(23)21(25)26;;;/h9-10,19-20,23-24H,2-8,11-18H2,1H3,(H,25,26);1H4;;/b10-9-;;;. The van der Waals surface area contributed by atoms with Crippen LogP contribution in [0.4, 0.5) is 0 Å². The van der Waals surface area contributed by atoms with Gasteiger partial charge in [-0.05, 0) is 32.1 Å². The SMILES string of the molecule is C.CCCCCCCC/C=C\CCCCCCCCOC(=O)C(O)C(O)C(=O)O.[NaH]. The van der Waals surface area contributed by atoms with Gasteiger partial charge in [0.25, 0.3) is 0 Å². The Hall–Kier alpha value is -0.400. The molecule has 0 aromatic heterocycles. The molecular formula is C23H45NaO6. The van der Waals surface area contributed by atoms with Crippen LogP contribution in [0, 0.1) is 0 Å². The number of aliphatic carboxylic acids is 1. The van der Waals surface area contributed by atoms with Crippen molar-refractivity contribution in [2.75, 3.05) is 6.61 Å². The molecule has 0 radical (unpaired) electrons. The summed E-state index contributed by atoms with van der Waals surface area (Å²) in [5.74, 6) is -2.75. The van der Waals surface area contributed by atoms with Crippen LogP contribution in [0.5, 0.6) is 0 Å². The summed E-state index contributed by atoms with van der Waals surface area (Å²) in [5, 5.41) is 26.8. The van der Waals surface area contributed by atoms with Crippen molar-refractivity contribution in [1.82, 2.24) is 0 Å². The number of carboxylic acid groups (broad SMARTS) is 1. The number of aliphatic hydroxyl groups excluding tert-OH is 2. The van der Waals surface area contributed by atoms with Crippen molar-refractivity contribution in [2.24, 2.45) is 0 Å². The van der Waals surface area contributed by atoms with Crippen LogP contribution in [-0.4, -0.2) is 75.6 Å². The molecule has 2 unspecified atom stereocenters. The van der Waals surface area contributed by atoms with Crippen LogP contribution in [-0.2, 0) is 14.3 Å². The van der Waals surface area contributed by atoms with E-state index in [1.54, 1.807) is 0 Å². The maximum atomic E-state index is 11.3. The van der Waals surface area contributed by atoms with Gasteiger partial charge in [-0.2, -0.15) is 0 Å². The van der Waals surface area contributed by atoms with Gasteiger partial charge < -0.3 is 20.1 Å². The number of carboxylic acids is 1. The Labute approximate surface area is 205 Å². The van der Waals surface area contributed by atoms with Crippen molar-refractivity contribution in [1.29, 1.82) is 0 Å². The van der Waals surface area contributed by atoms with Crippen LogP contribution < -0.4 is 0 Å². The van der Waals surface area contributed by atoms with Gasteiger partial charge in [0, 0.05) is 0 Å². The van der Waals surface area contributed by atoms with Gasteiger partial charge in [-0.15, -0.1) is 0 Å². The van der Waals surface area contributed by atoms with E-state index in [2.05, 4.69) is 19.1 Å². The predicted molar refractivity (Wildman–Crippen MR) is 124 cm³/mol. The predicted octanol–water partition coefficient (Wildman–Crippen LogP) is 4.36. The number of hydrogen-bond acceptors (Lipinski definition) is 5. The molecule has 0 saturated heterocycles. The Morgan fingerprint density at radius 2 is 1.20 bits per heavy atom. The number of unbranched alkanes of at least 4 members (excludes halogenated alkanes) is 12. The number of carbonyl (C=O) groups excluding carboxylic acids is 1. The first-order valence-electron chi connectivity index (χ1n) is 10.9. The summed E-state index contributed by atoms with van der Waals surface area (Å²) in [6.45, 7) is 2.37. The Morgan fingerprint density at radius 1 is 0.767 bits per heavy atom. The van der Waals surface area contributed by atoms with Gasteiger partial charge in [0.1, 0.15) is 0 Å². The van der Waals surface area contributed by atoms with E-state index in [4.69, 9.17) is 14.9 Å². The van der Waals surface area contributed by atoms with Crippen LogP contribution in [0.1, 0.15) is 104 Å². The van der Waals surface area contributed by atoms with E-state index < -0.39 is 24.1 Å². The molecule has 0 saturated carbocycles. The molecule has 30 heavy (non-hydrogen) atoms. The second-order valence-electron chi connectivity index (χ2n) is 7.33. The molecule has 0 aliphatic rings. The van der Waals surface area contributed by atoms with E-state index in [1.165, 1.54) is 57.8 Å². The molecule has 0 heterocycles. The van der Waals surface area contributed by atoms with Crippen LogP contribution in [0.2, 0.25) is 0 Å². The molecule has 6 nitrogen and oxygen atoms in total. The van der Waals surface area contributed by atoms with Gasteiger partial charge in [0.05, 0.1) is 6.61 Å². The molecule has 0 aromatic rings. The van der Waals surface area contributed by atoms with Gasteiger partial charge in [0.2, 0.25) is 0 Å². The Bertz CT molecular complexity index is 428. The Morgan fingerprint density at radius 3 is 1.67 bits per heavy atom. The number of esters is 1. The first-order valence-corrected chi connectivity index (χ1v) is 10.9. The minimum absolute atomic E-state index is 0. The van der Waals surface area contributed by atoms with Gasteiger partial charge in [-0.25, -0.2) is 9.59 Å². The molecule has 0 aromatic carbocycles. The number of aliphatic hydroxyl groups is 2. The average Bonchev–Trinajstić information content (AvgIpc) is 2.68. The molecule has 7 heteroatoms.